The van der Waals surface area contributed by atoms with E-state index in [1.165, 1.54) is 6.08 Å². The van der Waals surface area contributed by atoms with Gasteiger partial charge in [-0.05, 0) is 71.7 Å². The van der Waals surface area contributed by atoms with Gasteiger partial charge in [0.15, 0.2) is 0 Å². The van der Waals surface area contributed by atoms with Crippen LogP contribution in [0.25, 0.3) is 6.08 Å². The van der Waals surface area contributed by atoms with E-state index in [1.807, 2.05) is 61.5 Å². The number of imide groups is 2. The molecule has 2 aromatic carbocycles. The molecule has 6 nitrogen and oxygen atoms in total. The smallest absolute Gasteiger partial charge is 0.335 e. The average Bonchev–Trinajstić information content (AvgIpc) is 2.63. The van der Waals surface area contributed by atoms with Gasteiger partial charge in [0, 0.05) is 11.1 Å². The first kappa shape index (κ1) is 24.2. The Kier molecular flexibility index (Phi) is 6.01. The molecule has 3 rings (SSSR count). The second-order valence-corrected chi connectivity index (χ2v) is 10.8. The van der Waals surface area contributed by atoms with E-state index in [2.05, 4.69) is 5.32 Å². The molecule has 0 atom stereocenters. The lowest BCUT2D eigenvalue weighted by Gasteiger charge is -2.29. The van der Waals surface area contributed by atoms with Gasteiger partial charge >= 0.3 is 6.03 Å². The normalized spacial score (nSPS) is 16.4. The summed E-state index contributed by atoms with van der Waals surface area (Å²) in [5.74, 6) is -1.21. The Morgan fingerprint density at radius 3 is 1.76 bits per heavy atom. The minimum Gasteiger partial charge on any atom is -0.507 e. The van der Waals surface area contributed by atoms with Crippen molar-refractivity contribution in [2.45, 2.75) is 66.2 Å². The number of amides is 4. The summed E-state index contributed by atoms with van der Waals surface area (Å²) < 4.78 is 0. The zero-order valence-corrected chi connectivity index (χ0v) is 20.6. The average molecular weight is 449 g/mol. The van der Waals surface area contributed by atoms with Crippen molar-refractivity contribution in [1.82, 2.24) is 5.32 Å². The highest BCUT2D eigenvalue weighted by atomic mass is 16.3. The lowest BCUT2D eigenvalue weighted by atomic mass is 9.78. The van der Waals surface area contributed by atoms with E-state index in [1.54, 1.807) is 24.3 Å². The molecule has 0 radical (unpaired) electrons. The maximum atomic E-state index is 13.3. The monoisotopic (exact) mass is 448 g/mol. The van der Waals surface area contributed by atoms with Gasteiger partial charge in [0.2, 0.25) is 0 Å². The summed E-state index contributed by atoms with van der Waals surface area (Å²) in [6.07, 6.45) is 1.49. The summed E-state index contributed by atoms with van der Waals surface area (Å²) in [5, 5.41) is 13.2. The van der Waals surface area contributed by atoms with E-state index >= 15 is 0 Å². The van der Waals surface area contributed by atoms with Gasteiger partial charge in [0.05, 0.1) is 5.69 Å². The molecular formula is C27H32N2O4. The molecule has 0 unspecified atom stereocenters. The summed E-state index contributed by atoms with van der Waals surface area (Å²) in [7, 11) is 0. The minimum atomic E-state index is -0.774. The van der Waals surface area contributed by atoms with Crippen molar-refractivity contribution in [2.24, 2.45) is 0 Å². The molecule has 0 bridgehead atoms. The van der Waals surface area contributed by atoms with E-state index in [-0.39, 0.29) is 22.2 Å². The number of carbonyl (C=O) groups excluding carboxylic acids is 3. The molecule has 33 heavy (non-hydrogen) atoms. The van der Waals surface area contributed by atoms with E-state index < -0.39 is 17.8 Å². The molecule has 4 amide bonds. The molecular weight excluding hydrogens is 416 g/mol. The number of urea groups is 1. The molecule has 0 saturated carbocycles. The van der Waals surface area contributed by atoms with E-state index in [9.17, 15) is 19.5 Å². The second kappa shape index (κ2) is 8.18. The van der Waals surface area contributed by atoms with Crippen molar-refractivity contribution >= 4 is 29.6 Å². The van der Waals surface area contributed by atoms with Crippen LogP contribution in [0.3, 0.4) is 0 Å². The second-order valence-electron chi connectivity index (χ2n) is 10.8. The standard InChI is InChI=1S/C27H32N2O4/c1-15-9-16(2)11-18(10-15)29-24(32)19(23(31)28-25(29)33)12-17-13-20(26(3,4)5)22(30)21(14-17)27(6,7)8/h9-14,30H,1-8H3,(H,28,31,33)/b19-12+. The van der Waals surface area contributed by atoms with E-state index in [4.69, 9.17) is 0 Å². The van der Waals surface area contributed by atoms with Crippen LogP contribution in [0.5, 0.6) is 5.75 Å². The Hall–Kier alpha value is -3.41. The molecule has 0 aromatic heterocycles. The summed E-state index contributed by atoms with van der Waals surface area (Å²) in [5.41, 5.74) is 3.38. The lowest BCUT2D eigenvalue weighted by molar-refractivity contribution is -0.122. The number of carbonyl (C=O) groups is 3. The molecule has 0 aliphatic carbocycles. The van der Waals surface area contributed by atoms with Crippen molar-refractivity contribution in [3.63, 3.8) is 0 Å². The molecule has 2 aromatic rings. The molecule has 2 N–H and O–H groups in total. The number of anilines is 1. The van der Waals surface area contributed by atoms with Crippen LogP contribution in [0.15, 0.2) is 35.9 Å². The maximum absolute atomic E-state index is 13.3. The highest BCUT2D eigenvalue weighted by Crippen LogP contribution is 2.40. The first-order chi connectivity index (χ1) is 15.1. The number of benzene rings is 2. The third-order valence-corrected chi connectivity index (χ3v) is 5.63. The molecule has 174 valence electrons. The van der Waals surface area contributed by atoms with Crippen molar-refractivity contribution in [3.05, 3.63) is 63.7 Å². The van der Waals surface area contributed by atoms with Gasteiger partial charge in [-0.3, -0.25) is 14.9 Å². The largest absolute Gasteiger partial charge is 0.507 e. The van der Waals surface area contributed by atoms with Crippen molar-refractivity contribution in [1.29, 1.82) is 0 Å². The van der Waals surface area contributed by atoms with Crippen molar-refractivity contribution in [3.8, 4) is 5.75 Å². The molecule has 1 aliphatic rings. The topological polar surface area (TPSA) is 86.7 Å². The zero-order valence-electron chi connectivity index (χ0n) is 20.6. The molecule has 1 fully saturated rings. The van der Waals surface area contributed by atoms with Crippen LogP contribution >= 0.6 is 0 Å². The van der Waals surface area contributed by atoms with Crippen LogP contribution in [-0.2, 0) is 20.4 Å². The zero-order chi connectivity index (χ0) is 24.9. The van der Waals surface area contributed by atoms with Crippen LogP contribution in [0, 0.1) is 13.8 Å². The Morgan fingerprint density at radius 2 is 1.30 bits per heavy atom. The number of hydrogen-bond donors (Lipinski definition) is 2. The highest BCUT2D eigenvalue weighted by Gasteiger charge is 2.37. The maximum Gasteiger partial charge on any atom is 0.335 e. The highest BCUT2D eigenvalue weighted by molar-refractivity contribution is 6.39. The summed E-state index contributed by atoms with van der Waals surface area (Å²) >= 11 is 0. The fourth-order valence-corrected chi connectivity index (χ4v) is 4.02. The van der Waals surface area contributed by atoms with Gasteiger partial charge in [-0.15, -0.1) is 0 Å². The summed E-state index contributed by atoms with van der Waals surface area (Å²) in [6.45, 7) is 15.7. The molecule has 0 spiro atoms. The number of barbiturate groups is 1. The third-order valence-electron chi connectivity index (χ3n) is 5.63. The Labute approximate surface area is 195 Å². The number of aromatic hydroxyl groups is 1. The first-order valence-corrected chi connectivity index (χ1v) is 11.0. The quantitative estimate of drug-likeness (QED) is 0.484. The number of nitrogens with one attached hydrogen (secondary N) is 1. The van der Waals surface area contributed by atoms with Crippen molar-refractivity contribution in [2.75, 3.05) is 4.90 Å². The van der Waals surface area contributed by atoms with Gasteiger partial charge in [-0.1, -0.05) is 47.6 Å². The number of nitrogens with zero attached hydrogens (tertiary/aromatic N) is 1. The van der Waals surface area contributed by atoms with Crippen LogP contribution in [0.4, 0.5) is 10.5 Å². The van der Waals surface area contributed by atoms with Gasteiger partial charge in [0.25, 0.3) is 11.8 Å². The van der Waals surface area contributed by atoms with Gasteiger partial charge in [-0.25, -0.2) is 9.69 Å². The first-order valence-electron chi connectivity index (χ1n) is 11.0. The Bertz CT molecular complexity index is 1140. The van der Waals surface area contributed by atoms with Gasteiger partial charge in [0.1, 0.15) is 11.3 Å². The van der Waals surface area contributed by atoms with Gasteiger partial charge < -0.3 is 5.11 Å². The summed E-state index contributed by atoms with van der Waals surface area (Å²) in [6, 6.07) is 8.20. The Balaban J connectivity index is 2.18. The van der Waals surface area contributed by atoms with Crippen LogP contribution in [0.1, 0.15) is 69.4 Å². The van der Waals surface area contributed by atoms with E-state index in [0.29, 0.717) is 22.4 Å². The predicted octanol–water partition coefficient (Wildman–Crippen LogP) is 5.27. The summed E-state index contributed by atoms with van der Waals surface area (Å²) in [4.78, 5) is 39.5. The molecule has 6 heteroatoms. The number of phenolic OH excluding ortho intramolecular Hbond substituents is 1. The fraction of sp³-hybridized carbons (Fsp3) is 0.370. The molecule has 1 heterocycles. The van der Waals surface area contributed by atoms with Crippen LogP contribution < -0.4 is 10.2 Å². The Morgan fingerprint density at radius 1 is 0.818 bits per heavy atom. The third kappa shape index (κ3) is 4.85. The SMILES string of the molecule is Cc1cc(C)cc(N2C(=O)NC(=O)/C(=C\c3cc(C(C)(C)C)c(O)c(C(C)(C)C)c3)C2=O)c1. The molecule has 1 saturated heterocycles. The van der Waals surface area contributed by atoms with Crippen LogP contribution in [0.2, 0.25) is 0 Å². The minimum absolute atomic E-state index is 0.140. The number of aryl methyl sites for hydroxylation is 2. The van der Waals surface area contributed by atoms with E-state index in [0.717, 1.165) is 16.0 Å². The molecule has 1 aliphatic heterocycles. The lowest BCUT2D eigenvalue weighted by Crippen LogP contribution is -2.54. The number of hydrogen-bond acceptors (Lipinski definition) is 4. The van der Waals surface area contributed by atoms with Gasteiger partial charge in [-0.2, -0.15) is 0 Å². The van der Waals surface area contributed by atoms with Crippen molar-refractivity contribution < 1.29 is 19.5 Å². The number of phenols is 1. The van der Waals surface area contributed by atoms with Crippen LogP contribution in [-0.4, -0.2) is 23.0 Å². The fourth-order valence-electron chi connectivity index (χ4n) is 4.02. The number of rotatable bonds is 2. The predicted molar refractivity (Wildman–Crippen MR) is 130 cm³/mol.